The number of carbonyl (C=O) groups is 1. The number of ether oxygens (including phenoxy) is 1. The molecule has 7 nitrogen and oxygen atoms in total. The van der Waals surface area contributed by atoms with Crippen LogP contribution in [0.3, 0.4) is 0 Å². The number of hydrogen-bond acceptors (Lipinski definition) is 5. The summed E-state index contributed by atoms with van der Waals surface area (Å²) in [5.41, 5.74) is 2.21. The van der Waals surface area contributed by atoms with Gasteiger partial charge in [-0.25, -0.2) is 12.8 Å². The second-order valence-electron chi connectivity index (χ2n) is 8.37. The maximum absolute atomic E-state index is 13.6. The molecule has 35 heavy (non-hydrogen) atoms. The monoisotopic (exact) mass is 497 g/mol. The van der Waals surface area contributed by atoms with E-state index in [4.69, 9.17) is 4.74 Å². The molecule has 0 bridgehead atoms. The molecule has 0 spiro atoms. The number of nitrogens with zero attached hydrogens (tertiary/aromatic N) is 3. The highest BCUT2D eigenvalue weighted by molar-refractivity contribution is 7.92. The summed E-state index contributed by atoms with van der Waals surface area (Å²) in [6, 6.07) is 19.4. The van der Waals surface area contributed by atoms with Crippen molar-refractivity contribution in [3.63, 3.8) is 0 Å². The van der Waals surface area contributed by atoms with E-state index >= 15 is 0 Å². The number of rotatable bonds is 7. The predicted molar refractivity (Wildman–Crippen MR) is 134 cm³/mol. The van der Waals surface area contributed by atoms with Crippen molar-refractivity contribution >= 4 is 27.3 Å². The maximum Gasteiger partial charge on any atom is 0.264 e. The number of anilines is 2. The number of hydrogen-bond donors (Lipinski definition) is 0. The predicted octanol–water partition coefficient (Wildman–Crippen LogP) is 3.69. The highest BCUT2D eigenvalue weighted by Gasteiger charge is 2.30. The lowest BCUT2D eigenvalue weighted by Crippen LogP contribution is -2.52. The Hall–Kier alpha value is -3.59. The number of benzene rings is 3. The average molecular weight is 498 g/mol. The Kier molecular flexibility index (Phi) is 7.25. The van der Waals surface area contributed by atoms with Crippen molar-refractivity contribution in [2.24, 2.45) is 0 Å². The summed E-state index contributed by atoms with van der Waals surface area (Å²) in [4.78, 5) is 17.1. The Morgan fingerprint density at radius 3 is 2.09 bits per heavy atom. The van der Waals surface area contributed by atoms with Crippen molar-refractivity contribution in [3.05, 3.63) is 84.2 Å². The molecule has 9 heteroatoms. The number of sulfonamides is 1. The molecule has 184 valence electrons. The second-order valence-corrected chi connectivity index (χ2v) is 10.2. The minimum absolute atomic E-state index is 0.118. The third kappa shape index (κ3) is 5.57. The Labute approximate surface area is 205 Å². The molecule has 1 amide bonds. The van der Waals surface area contributed by atoms with Crippen molar-refractivity contribution < 1.29 is 22.3 Å². The Balaban J connectivity index is 1.53. The summed E-state index contributed by atoms with van der Waals surface area (Å²) in [7, 11) is -2.45. The van der Waals surface area contributed by atoms with E-state index < -0.39 is 10.0 Å². The van der Waals surface area contributed by atoms with Crippen LogP contribution in [0, 0.1) is 12.7 Å². The molecule has 0 saturated carbocycles. The van der Waals surface area contributed by atoms with Gasteiger partial charge in [-0.3, -0.25) is 9.10 Å². The van der Waals surface area contributed by atoms with Crippen molar-refractivity contribution in [3.8, 4) is 5.75 Å². The lowest BCUT2D eigenvalue weighted by molar-refractivity contribution is -0.129. The molecule has 3 aromatic rings. The number of halogens is 1. The smallest absolute Gasteiger partial charge is 0.264 e. The minimum Gasteiger partial charge on any atom is -0.497 e. The summed E-state index contributed by atoms with van der Waals surface area (Å²) in [6.07, 6.45) is 0. The van der Waals surface area contributed by atoms with Crippen LogP contribution in [0.5, 0.6) is 5.75 Å². The first-order chi connectivity index (χ1) is 16.8. The summed E-state index contributed by atoms with van der Waals surface area (Å²) < 4.78 is 46.7. The van der Waals surface area contributed by atoms with Crippen LogP contribution < -0.4 is 13.9 Å². The van der Waals surface area contributed by atoms with Gasteiger partial charge in [0.1, 0.15) is 18.1 Å². The highest BCUT2D eigenvalue weighted by atomic mass is 32.2. The van der Waals surface area contributed by atoms with Crippen LogP contribution in [0.15, 0.2) is 77.7 Å². The fourth-order valence-electron chi connectivity index (χ4n) is 3.99. The second kappa shape index (κ2) is 10.4. The molecule has 0 aliphatic carbocycles. The van der Waals surface area contributed by atoms with E-state index in [2.05, 4.69) is 4.90 Å². The van der Waals surface area contributed by atoms with Gasteiger partial charge >= 0.3 is 0 Å². The Morgan fingerprint density at radius 2 is 1.51 bits per heavy atom. The normalized spacial score (nSPS) is 14.0. The fourth-order valence-corrected chi connectivity index (χ4v) is 5.40. The first-order valence-corrected chi connectivity index (χ1v) is 12.7. The van der Waals surface area contributed by atoms with Gasteiger partial charge in [0.05, 0.1) is 17.7 Å². The quantitative estimate of drug-likeness (QED) is 0.498. The van der Waals surface area contributed by atoms with Gasteiger partial charge in [0.25, 0.3) is 10.0 Å². The number of methoxy groups -OCH3 is 1. The largest absolute Gasteiger partial charge is 0.497 e. The zero-order valence-electron chi connectivity index (χ0n) is 19.7. The van der Waals surface area contributed by atoms with Crippen LogP contribution in [0.2, 0.25) is 0 Å². The van der Waals surface area contributed by atoms with Gasteiger partial charge in [-0.15, -0.1) is 0 Å². The van der Waals surface area contributed by atoms with E-state index in [1.165, 1.54) is 19.2 Å². The van der Waals surface area contributed by atoms with Crippen molar-refractivity contribution in [1.82, 2.24) is 4.90 Å². The molecule has 1 aliphatic heterocycles. The third-order valence-corrected chi connectivity index (χ3v) is 7.86. The van der Waals surface area contributed by atoms with Gasteiger partial charge in [0.15, 0.2) is 0 Å². The average Bonchev–Trinajstić information content (AvgIpc) is 2.88. The van der Waals surface area contributed by atoms with Gasteiger partial charge < -0.3 is 14.5 Å². The van der Waals surface area contributed by atoms with E-state index in [1.54, 1.807) is 65.6 Å². The molecule has 1 fully saturated rings. The Bertz CT molecular complexity index is 1260. The zero-order chi connectivity index (χ0) is 25.0. The van der Waals surface area contributed by atoms with Gasteiger partial charge in [0, 0.05) is 31.9 Å². The topological polar surface area (TPSA) is 70.2 Å². The van der Waals surface area contributed by atoms with Crippen LogP contribution in [0.4, 0.5) is 15.8 Å². The number of carbonyl (C=O) groups excluding carboxylic acids is 1. The van der Waals surface area contributed by atoms with E-state index in [0.717, 1.165) is 15.6 Å². The van der Waals surface area contributed by atoms with Gasteiger partial charge in [-0.1, -0.05) is 17.7 Å². The first-order valence-electron chi connectivity index (χ1n) is 11.3. The van der Waals surface area contributed by atoms with Gasteiger partial charge in [-0.2, -0.15) is 0 Å². The maximum atomic E-state index is 13.6. The molecule has 0 atom stereocenters. The summed E-state index contributed by atoms with van der Waals surface area (Å²) >= 11 is 0. The molecular weight excluding hydrogens is 469 g/mol. The first kappa shape index (κ1) is 24.5. The number of piperazine rings is 1. The molecule has 0 N–H and O–H groups in total. The van der Waals surface area contributed by atoms with Crippen molar-refractivity contribution in [1.29, 1.82) is 0 Å². The lowest BCUT2D eigenvalue weighted by atomic mass is 10.2. The van der Waals surface area contributed by atoms with Crippen LogP contribution >= 0.6 is 0 Å². The molecular formula is C26H28FN3O4S. The summed E-state index contributed by atoms with van der Waals surface area (Å²) in [5.74, 6) is 0.0101. The fraction of sp³-hybridized carbons (Fsp3) is 0.269. The SMILES string of the molecule is COc1ccc(N(CC(=O)N2CCN(c3ccc(F)cc3)CC2)S(=O)(=O)c2ccc(C)cc2)cc1. The molecule has 1 heterocycles. The molecule has 4 rings (SSSR count). The Morgan fingerprint density at radius 1 is 0.914 bits per heavy atom. The van der Waals surface area contributed by atoms with Crippen LogP contribution in [0.1, 0.15) is 5.56 Å². The third-order valence-electron chi connectivity index (χ3n) is 6.07. The molecule has 1 saturated heterocycles. The van der Waals surface area contributed by atoms with E-state index in [0.29, 0.717) is 37.6 Å². The van der Waals surface area contributed by atoms with E-state index in [1.807, 2.05) is 6.92 Å². The number of amides is 1. The van der Waals surface area contributed by atoms with Gasteiger partial charge in [0.2, 0.25) is 5.91 Å². The standard InChI is InChI=1S/C26H28FN3O4S/c1-20-3-13-25(14-4-20)35(32,33)30(23-9-11-24(34-2)12-10-23)19-26(31)29-17-15-28(16-18-29)22-7-5-21(27)6-8-22/h3-14H,15-19H2,1-2H3. The van der Waals surface area contributed by atoms with Crippen LogP contribution in [0.25, 0.3) is 0 Å². The van der Waals surface area contributed by atoms with Crippen molar-refractivity contribution in [2.75, 3.05) is 49.0 Å². The van der Waals surface area contributed by atoms with Crippen molar-refractivity contribution in [2.45, 2.75) is 11.8 Å². The molecule has 0 unspecified atom stereocenters. The lowest BCUT2D eigenvalue weighted by Gasteiger charge is -2.37. The minimum atomic E-state index is -3.98. The number of aryl methyl sites for hydroxylation is 1. The zero-order valence-corrected chi connectivity index (χ0v) is 20.5. The van der Waals surface area contributed by atoms with E-state index in [9.17, 15) is 17.6 Å². The molecule has 0 aromatic heterocycles. The van der Waals surface area contributed by atoms with Crippen LogP contribution in [-0.4, -0.2) is 59.1 Å². The summed E-state index contributed by atoms with van der Waals surface area (Å²) in [6.45, 7) is 3.59. The van der Waals surface area contributed by atoms with Gasteiger partial charge in [-0.05, 0) is 67.6 Å². The molecule has 3 aromatic carbocycles. The highest BCUT2D eigenvalue weighted by Crippen LogP contribution is 2.26. The summed E-state index contributed by atoms with van der Waals surface area (Å²) in [5, 5.41) is 0. The van der Waals surface area contributed by atoms with Crippen LogP contribution in [-0.2, 0) is 14.8 Å². The molecule has 1 aliphatic rings. The van der Waals surface area contributed by atoms with E-state index in [-0.39, 0.29) is 23.2 Å². The molecule has 0 radical (unpaired) electrons.